The zero-order chi connectivity index (χ0) is 15.0. The maximum absolute atomic E-state index is 13.4. The van der Waals surface area contributed by atoms with Gasteiger partial charge >= 0.3 is 0 Å². The van der Waals surface area contributed by atoms with Crippen LogP contribution in [0.3, 0.4) is 0 Å². The van der Waals surface area contributed by atoms with E-state index < -0.39 is 11.6 Å². The number of hydrogen-bond acceptors (Lipinski definition) is 4. The summed E-state index contributed by atoms with van der Waals surface area (Å²) in [7, 11) is 1.63. The molecule has 0 unspecified atom stereocenters. The smallest absolute Gasteiger partial charge is 0.262 e. The zero-order valence-electron chi connectivity index (χ0n) is 11.6. The highest BCUT2D eigenvalue weighted by Gasteiger charge is 2.21. The molecule has 3 rings (SSSR count). The van der Waals surface area contributed by atoms with Crippen molar-refractivity contribution in [3.63, 3.8) is 0 Å². The first kappa shape index (κ1) is 13.6. The van der Waals surface area contributed by atoms with Gasteiger partial charge in [-0.25, -0.2) is 9.37 Å². The van der Waals surface area contributed by atoms with E-state index >= 15 is 0 Å². The number of nitrogens with one attached hydrogen (secondary N) is 1. The van der Waals surface area contributed by atoms with Crippen molar-refractivity contribution in [3.8, 4) is 16.9 Å². The predicted molar refractivity (Wildman–Crippen MR) is 77.8 cm³/mol. The molecule has 110 valence electrons. The van der Waals surface area contributed by atoms with E-state index in [2.05, 4.69) is 10.3 Å². The van der Waals surface area contributed by atoms with Crippen molar-refractivity contribution in [1.82, 2.24) is 9.55 Å². The Morgan fingerprint density at radius 3 is 2.90 bits per heavy atom. The zero-order valence-corrected chi connectivity index (χ0v) is 11.6. The summed E-state index contributed by atoms with van der Waals surface area (Å²) >= 11 is 0. The number of rotatable bonds is 4. The summed E-state index contributed by atoms with van der Waals surface area (Å²) in [5.74, 6) is -0.0144. The number of phenolic OH excluding ortho intramolecular Hbond substituents is 1. The summed E-state index contributed by atoms with van der Waals surface area (Å²) < 4.78 is 14.8. The number of nitrogens with zero attached hydrogens (tertiary/aromatic N) is 2. The molecule has 6 heteroatoms. The molecule has 1 aliphatic rings. The van der Waals surface area contributed by atoms with Crippen LogP contribution in [0.25, 0.3) is 11.1 Å². The average Bonchev–Trinajstić information content (AvgIpc) is 3.28. The maximum atomic E-state index is 13.4. The third-order valence-electron chi connectivity index (χ3n) is 3.67. The number of aromatic hydroxyl groups is 1. The van der Waals surface area contributed by atoms with E-state index in [0.29, 0.717) is 23.0 Å². The van der Waals surface area contributed by atoms with Gasteiger partial charge in [-0.2, -0.15) is 0 Å². The minimum Gasteiger partial charge on any atom is -0.505 e. The number of aromatic nitrogens is 2. The first-order chi connectivity index (χ1) is 10.1. The summed E-state index contributed by atoms with van der Waals surface area (Å²) in [4.78, 5) is 16.6. The van der Waals surface area contributed by atoms with Crippen LogP contribution in [0.4, 0.5) is 10.3 Å². The second-order valence-corrected chi connectivity index (χ2v) is 5.35. The van der Waals surface area contributed by atoms with Gasteiger partial charge in [0.05, 0.1) is 5.56 Å². The second kappa shape index (κ2) is 5.20. The molecule has 21 heavy (non-hydrogen) atoms. The van der Waals surface area contributed by atoms with E-state index in [-0.39, 0.29) is 5.56 Å². The van der Waals surface area contributed by atoms with Gasteiger partial charge in [0.15, 0.2) is 11.6 Å². The van der Waals surface area contributed by atoms with Crippen LogP contribution in [0.5, 0.6) is 5.75 Å². The van der Waals surface area contributed by atoms with E-state index in [0.717, 1.165) is 12.6 Å². The standard InChI is InChI=1S/C15H16FN3O2/c1-19-14(21)11(10-4-5-13(20)12(16)6-10)8-18-15(19)17-7-9-2-3-9/h4-6,8-9,20H,2-3,7H2,1H3,(H,17,18). The van der Waals surface area contributed by atoms with Crippen molar-refractivity contribution >= 4 is 5.95 Å². The van der Waals surface area contributed by atoms with Crippen LogP contribution < -0.4 is 10.9 Å². The number of phenols is 1. The van der Waals surface area contributed by atoms with Gasteiger partial charge in [-0.1, -0.05) is 6.07 Å². The van der Waals surface area contributed by atoms with Crippen LogP contribution in [0.15, 0.2) is 29.2 Å². The Balaban J connectivity index is 1.93. The van der Waals surface area contributed by atoms with Gasteiger partial charge in [-0.15, -0.1) is 0 Å². The molecule has 1 aromatic carbocycles. The normalized spacial score (nSPS) is 14.2. The lowest BCUT2D eigenvalue weighted by Gasteiger charge is -2.11. The van der Waals surface area contributed by atoms with Crippen molar-refractivity contribution < 1.29 is 9.50 Å². The fraction of sp³-hybridized carbons (Fsp3) is 0.333. The summed E-state index contributed by atoms with van der Waals surface area (Å²) in [6.07, 6.45) is 3.86. The fourth-order valence-corrected chi connectivity index (χ4v) is 2.14. The summed E-state index contributed by atoms with van der Waals surface area (Å²) in [6.45, 7) is 0.813. The summed E-state index contributed by atoms with van der Waals surface area (Å²) in [5.41, 5.74) is 0.439. The summed E-state index contributed by atoms with van der Waals surface area (Å²) in [6, 6.07) is 3.85. The first-order valence-corrected chi connectivity index (χ1v) is 6.85. The van der Waals surface area contributed by atoms with E-state index in [9.17, 15) is 14.3 Å². The predicted octanol–water partition coefficient (Wildman–Crippen LogP) is 2.11. The SMILES string of the molecule is Cn1c(NCC2CC2)ncc(-c2ccc(O)c(F)c2)c1=O. The highest BCUT2D eigenvalue weighted by molar-refractivity contribution is 5.63. The Kier molecular flexibility index (Phi) is 3.37. The van der Waals surface area contributed by atoms with E-state index in [1.807, 2.05) is 0 Å². The number of anilines is 1. The quantitative estimate of drug-likeness (QED) is 0.904. The van der Waals surface area contributed by atoms with Crippen LogP contribution in [0.2, 0.25) is 0 Å². The van der Waals surface area contributed by atoms with E-state index in [4.69, 9.17) is 0 Å². The second-order valence-electron chi connectivity index (χ2n) is 5.35. The average molecular weight is 289 g/mol. The van der Waals surface area contributed by atoms with Crippen LogP contribution in [0.1, 0.15) is 12.8 Å². The monoisotopic (exact) mass is 289 g/mol. The molecule has 0 aliphatic heterocycles. The van der Waals surface area contributed by atoms with Crippen molar-refractivity contribution in [2.24, 2.45) is 13.0 Å². The molecule has 1 fully saturated rings. The Bertz CT molecular complexity index is 738. The molecule has 1 saturated carbocycles. The van der Waals surface area contributed by atoms with Gasteiger partial charge in [0.25, 0.3) is 5.56 Å². The molecular formula is C15H16FN3O2. The first-order valence-electron chi connectivity index (χ1n) is 6.85. The molecule has 0 amide bonds. The van der Waals surface area contributed by atoms with Crippen molar-refractivity contribution in [2.45, 2.75) is 12.8 Å². The topological polar surface area (TPSA) is 67.2 Å². The van der Waals surface area contributed by atoms with Gasteiger partial charge in [0, 0.05) is 19.8 Å². The molecular weight excluding hydrogens is 273 g/mol. The fourth-order valence-electron chi connectivity index (χ4n) is 2.14. The Hall–Kier alpha value is -2.37. The number of hydrogen-bond donors (Lipinski definition) is 2. The number of halogens is 1. The molecule has 0 radical (unpaired) electrons. The van der Waals surface area contributed by atoms with Crippen molar-refractivity contribution in [1.29, 1.82) is 0 Å². The van der Waals surface area contributed by atoms with E-state index in [1.54, 1.807) is 7.05 Å². The molecule has 0 atom stereocenters. The largest absolute Gasteiger partial charge is 0.505 e. The highest BCUT2D eigenvalue weighted by Crippen LogP contribution is 2.28. The maximum Gasteiger partial charge on any atom is 0.262 e. The Morgan fingerprint density at radius 2 is 2.24 bits per heavy atom. The molecule has 0 saturated heterocycles. The van der Waals surface area contributed by atoms with Gasteiger partial charge < -0.3 is 10.4 Å². The molecule has 1 heterocycles. The van der Waals surface area contributed by atoms with Crippen LogP contribution in [-0.2, 0) is 7.05 Å². The van der Waals surface area contributed by atoms with Gasteiger partial charge in [-0.3, -0.25) is 9.36 Å². The Labute approximate surface area is 121 Å². The lowest BCUT2D eigenvalue weighted by Crippen LogP contribution is -2.24. The van der Waals surface area contributed by atoms with Gasteiger partial charge in [0.2, 0.25) is 5.95 Å². The third kappa shape index (κ3) is 2.74. The van der Waals surface area contributed by atoms with Crippen molar-refractivity contribution in [3.05, 3.63) is 40.6 Å². The molecule has 1 aliphatic carbocycles. The molecule has 2 N–H and O–H groups in total. The van der Waals surface area contributed by atoms with Gasteiger partial charge in [-0.05, 0) is 36.5 Å². The lowest BCUT2D eigenvalue weighted by atomic mass is 10.1. The Morgan fingerprint density at radius 1 is 1.48 bits per heavy atom. The van der Waals surface area contributed by atoms with Crippen LogP contribution in [-0.4, -0.2) is 21.2 Å². The lowest BCUT2D eigenvalue weighted by molar-refractivity contribution is 0.432. The van der Waals surface area contributed by atoms with Gasteiger partial charge in [0.1, 0.15) is 0 Å². The minimum atomic E-state index is -0.759. The van der Waals surface area contributed by atoms with Crippen molar-refractivity contribution in [2.75, 3.05) is 11.9 Å². The molecule has 5 nitrogen and oxygen atoms in total. The third-order valence-corrected chi connectivity index (χ3v) is 3.67. The molecule has 0 bridgehead atoms. The van der Waals surface area contributed by atoms with Crippen LogP contribution >= 0.6 is 0 Å². The van der Waals surface area contributed by atoms with Crippen LogP contribution in [0, 0.1) is 11.7 Å². The highest BCUT2D eigenvalue weighted by atomic mass is 19.1. The molecule has 0 spiro atoms. The summed E-state index contributed by atoms with van der Waals surface area (Å²) in [5, 5.41) is 12.4. The van der Waals surface area contributed by atoms with E-state index in [1.165, 1.54) is 35.7 Å². The molecule has 2 aromatic rings. The minimum absolute atomic E-state index is 0.256. The number of benzene rings is 1. The molecule has 1 aromatic heterocycles.